The Morgan fingerprint density at radius 3 is 1.42 bits per heavy atom. The third-order valence-corrected chi connectivity index (χ3v) is 7.11. The molecule has 0 aromatic rings. The molecule has 1 saturated carbocycles. The van der Waals surface area contributed by atoms with E-state index in [2.05, 4.69) is 13.8 Å². The summed E-state index contributed by atoms with van der Waals surface area (Å²) < 4.78 is 23.1. The van der Waals surface area contributed by atoms with Gasteiger partial charge in [0, 0.05) is 24.0 Å². The summed E-state index contributed by atoms with van der Waals surface area (Å²) in [4.78, 5) is 0. The zero-order valence-electron chi connectivity index (χ0n) is 17.1. The lowest BCUT2D eigenvalue weighted by atomic mass is 9.83. The quantitative estimate of drug-likeness (QED) is 0.570. The van der Waals surface area contributed by atoms with E-state index in [1.54, 1.807) is 0 Å². The molecule has 26 heavy (non-hydrogen) atoms. The van der Waals surface area contributed by atoms with E-state index < -0.39 is 0 Å². The van der Waals surface area contributed by atoms with Crippen molar-refractivity contribution in [3.63, 3.8) is 0 Å². The molecule has 0 N–H and O–H groups in total. The van der Waals surface area contributed by atoms with E-state index >= 15 is 0 Å². The molecule has 1 aliphatic carbocycles. The van der Waals surface area contributed by atoms with Gasteiger partial charge in [0.15, 0.2) is 0 Å². The number of rotatable bonds is 10. The molecule has 3 aliphatic rings. The molecule has 0 amide bonds. The van der Waals surface area contributed by atoms with Gasteiger partial charge in [0.1, 0.15) is 0 Å². The SMILES string of the molecule is CCC1(COCC2CCCCC(COCC3(CC)COC3)CC2)COC1. The smallest absolute Gasteiger partial charge is 0.0566 e. The van der Waals surface area contributed by atoms with Gasteiger partial charge < -0.3 is 18.9 Å². The minimum atomic E-state index is 0.318. The maximum Gasteiger partial charge on any atom is 0.0566 e. The fourth-order valence-electron chi connectivity index (χ4n) is 4.40. The van der Waals surface area contributed by atoms with Gasteiger partial charge in [-0.05, 0) is 50.4 Å². The summed E-state index contributed by atoms with van der Waals surface area (Å²) >= 11 is 0. The molecule has 2 aliphatic heterocycles. The topological polar surface area (TPSA) is 36.9 Å². The first kappa shape index (κ1) is 20.6. The Morgan fingerprint density at radius 2 is 1.12 bits per heavy atom. The molecule has 0 spiro atoms. The summed E-state index contributed by atoms with van der Waals surface area (Å²) in [5.74, 6) is 1.46. The van der Waals surface area contributed by atoms with E-state index in [4.69, 9.17) is 18.9 Å². The minimum Gasteiger partial charge on any atom is -0.380 e. The Kier molecular flexibility index (Phi) is 7.80. The van der Waals surface area contributed by atoms with Crippen molar-refractivity contribution in [3.05, 3.63) is 0 Å². The van der Waals surface area contributed by atoms with Crippen LogP contribution in [0.15, 0.2) is 0 Å². The lowest BCUT2D eigenvalue weighted by Crippen LogP contribution is -2.46. The van der Waals surface area contributed by atoms with Gasteiger partial charge in [-0.15, -0.1) is 0 Å². The van der Waals surface area contributed by atoms with Crippen LogP contribution in [0.2, 0.25) is 0 Å². The molecule has 2 heterocycles. The van der Waals surface area contributed by atoms with Crippen molar-refractivity contribution in [1.82, 2.24) is 0 Å². The average molecular weight is 369 g/mol. The monoisotopic (exact) mass is 368 g/mol. The van der Waals surface area contributed by atoms with E-state index in [9.17, 15) is 0 Å². The minimum absolute atomic E-state index is 0.318. The Hall–Kier alpha value is -0.160. The van der Waals surface area contributed by atoms with Crippen molar-refractivity contribution in [2.24, 2.45) is 22.7 Å². The lowest BCUT2D eigenvalue weighted by molar-refractivity contribution is -0.154. The van der Waals surface area contributed by atoms with E-state index in [0.29, 0.717) is 10.8 Å². The van der Waals surface area contributed by atoms with E-state index in [-0.39, 0.29) is 0 Å². The molecule has 3 fully saturated rings. The molecule has 2 atom stereocenters. The molecule has 0 bridgehead atoms. The van der Waals surface area contributed by atoms with Crippen LogP contribution in [0.4, 0.5) is 0 Å². The third-order valence-electron chi connectivity index (χ3n) is 7.11. The zero-order valence-corrected chi connectivity index (χ0v) is 17.1. The molecule has 3 rings (SSSR count). The molecule has 2 unspecified atom stereocenters. The summed E-state index contributed by atoms with van der Waals surface area (Å²) in [6.45, 7) is 11.7. The van der Waals surface area contributed by atoms with Gasteiger partial charge in [0.2, 0.25) is 0 Å². The maximum atomic E-state index is 6.14. The van der Waals surface area contributed by atoms with Crippen LogP contribution in [-0.2, 0) is 18.9 Å². The Labute approximate surface area is 160 Å². The second kappa shape index (κ2) is 9.86. The average Bonchev–Trinajstić information content (AvgIpc) is 2.56. The Bertz CT molecular complexity index is 354. The van der Waals surface area contributed by atoms with Crippen LogP contribution in [0.5, 0.6) is 0 Å². The third kappa shape index (κ3) is 5.43. The van der Waals surface area contributed by atoms with Crippen molar-refractivity contribution >= 4 is 0 Å². The summed E-state index contributed by atoms with van der Waals surface area (Å²) in [5.41, 5.74) is 0.636. The number of hydrogen-bond donors (Lipinski definition) is 0. The highest BCUT2D eigenvalue weighted by molar-refractivity contribution is 4.85. The number of ether oxygens (including phenoxy) is 4. The molecule has 4 nitrogen and oxygen atoms in total. The van der Waals surface area contributed by atoms with Gasteiger partial charge in [0.05, 0.1) is 39.6 Å². The van der Waals surface area contributed by atoms with Gasteiger partial charge in [-0.1, -0.05) is 26.7 Å². The Balaban J connectivity index is 1.32. The van der Waals surface area contributed by atoms with Crippen LogP contribution in [0.3, 0.4) is 0 Å². The summed E-state index contributed by atoms with van der Waals surface area (Å²) in [6, 6.07) is 0. The van der Waals surface area contributed by atoms with Crippen molar-refractivity contribution in [3.8, 4) is 0 Å². The standard InChI is InChI=1S/C22H40O4/c1-3-21(15-25-16-21)13-23-11-19-7-5-6-8-20(10-9-19)12-24-14-22(4-2)17-26-18-22/h19-20H,3-18H2,1-2H3. The molecule has 4 heteroatoms. The lowest BCUT2D eigenvalue weighted by Gasteiger charge is -2.41. The van der Waals surface area contributed by atoms with Crippen LogP contribution in [0.1, 0.15) is 65.2 Å². The summed E-state index contributed by atoms with van der Waals surface area (Å²) in [6.07, 6.45) is 10.3. The second-order valence-corrected chi connectivity index (χ2v) is 9.32. The predicted octanol–water partition coefficient (Wildman–Crippen LogP) is 4.46. The summed E-state index contributed by atoms with van der Waals surface area (Å²) in [7, 11) is 0. The molecule has 152 valence electrons. The molecule has 0 radical (unpaired) electrons. The van der Waals surface area contributed by atoms with Gasteiger partial charge >= 0.3 is 0 Å². The fraction of sp³-hybridized carbons (Fsp3) is 1.00. The first-order valence-corrected chi connectivity index (χ1v) is 11.0. The Morgan fingerprint density at radius 1 is 0.692 bits per heavy atom. The van der Waals surface area contributed by atoms with Crippen molar-refractivity contribution < 1.29 is 18.9 Å². The summed E-state index contributed by atoms with van der Waals surface area (Å²) in [5, 5.41) is 0. The van der Waals surface area contributed by atoms with Gasteiger partial charge in [-0.3, -0.25) is 0 Å². The van der Waals surface area contributed by atoms with Crippen LogP contribution < -0.4 is 0 Å². The van der Waals surface area contributed by atoms with Gasteiger partial charge in [-0.2, -0.15) is 0 Å². The maximum absolute atomic E-state index is 6.14. The van der Waals surface area contributed by atoms with Crippen molar-refractivity contribution in [2.75, 3.05) is 52.9 Å². The van der Waals surface area contributed by atoms with Crippen molar-refractivity contribution in [1.29, 1.82) is 0 Å². The van der Waals surface area contributed by atoms with Crippen LogP contribution in [-0.4, -0.2) is 52.9 Å². The first-order chi connectivity index (χ1) is 12.7. The van der Waals surface area contributed by atoms with E-state index in [1.165, 1.54) is 51.4 Å². The first-order valence-electron chi connectivity index (χ1n) is 11.0. The highest BCUT2D eigenvalue weighted by atomic mass is 16.5. The number of hydrogen-bond acceptors (Lipinski definition) is 4. The molecule has 2 saturated heterocycles. The van der Waals surface area contributed by atoms with Crippen LogP contribution in [0.25, 0.3) is 0 Å². The zero-order chi connectivity index (χ0) is 18.3. The largest absolute Gasteiger partial charge is 0.380 e. The van der Waals surface area contributed by atoms with E-state index in [0.717, 1.165) is 64.7 Å². The molecule has 0 aromatic carbocycles. The highest BCUT2D eigenvalue weighted by Gasteiger charge is 2.38. The van der Waals surface area contributed by atoms with E-state index in [1.807, 2.05) is 0 Å². The van der Waals surface area contributed by atoms with Gasteiger partial charge in [0.25, 0.3) is 0 Å². The highest BCUT2D eigenvalue weighted by Crippen LogP contribution is 2.34. The predicted molar refractivity (Wildman–Crippen MR) is 103 cm³/mol. The molecular formula is C22H40O4. The van der Waals surface area contributed by atoms with Crippen molar-refractivity contribution in [2.45, 2.75) is 65.2 Å². The molecule has 0 aromatic heterocycles. The normalized spacial score (nSPS) is 30.7. The fourth-order valence-corrected chi connectivity index (χ4v) is 4.40. The molecular weight excluding hydrogens is 328 g/mol. The second-order valence-electron chi connectivity index (χ2n) is 9.32. The van der Waals surface area contributed by atoms with Crippen LogP contribution >= 0.6 is 0 Å². The van der Waals surface area contributed by atoms with Gasteiger partial charge in [-0.25, -0.2) is 0 Å². The van der Waals surface area contributed by atoms with Crippen LogP contribution in [0, 0.1) is 22.7 Å².